The van der Waals surface area contributed by atoms with E-state index in [9.17, 15) is 13.2 Å². The van der Waals surface area contributed by atoms with E-state index in [0.29, 0.717) is 30.1 Å². The number of aryl methyl sites for hydroxylation is 1. The highest BCUT2D eigenvalue weighted by atomic mass is 35.5. The third-order valence-electron chi connectivity index (χ3n) is 5.15. The first-order valence-electron chi connectivity index (χ1n) is 9.39. The molecule has 6 nitrogen and oxygen atoms in total. The van der Waals surface area contributed by atoms with E-state index in [1.165, 1.54) is 11.3 Å². The molecule has 1 N–H and O–H groups in total. The number of pyridine rings is 1. The SMILES string of the molecule is Cc1ncc2c(c1CNS(=O)(=O)c1cccs1)CCN(C(=O)c1cccc(Cl)c1)C2. The molecule has 1 amide bonds. The van der Waals surface area contributed by atoms with Gasteiger partial charge in [0.15, 0.2) is 0 Å². The van der Waals surface area contributed by atoms with Crippen molar-refractivity contribution in [2.24, 2.45) is 0 Å². The lowest BCUT2D eigenvalue weighted by Crippen LogP contribution is -2.37. The number of amides is 1. The van der Waals surface area contributed by atoms with Crippen LogP contribution in [0.3, 0.4) is 0 Å². The van der Waals surface area contributed by atoms with Gasteiger partial charge in [0.1, 0.15) is 4.21 Å². The van der Waals surface area contributed by atoms with Crippen LogP contribution in [0.4, 0.5) is 0 Å². The van der Waals surface area contributed by atoms with Gasteiger partial charge in [-0.15, -0.1) is 11.3 Å². The Labute approximate surface area is 184 Å². The number of thiophene rings is 1. The van der Waals surface area contributed by atoms with Crippen LogP contribution >= 0.6 is 22.9 Å². The average molecular weight is 462 g/mol. The minimum Gasteiger partial charge on any atom is -0.334 e. The maximum atomic E-state index is 12.9. The quantitative estimate of drug-likeness (QED) is 0.627. The number of carbonyl (C=O) groups is 1. The van der Waals surface area contributed by atoms with Crippen LogP contribution in [0.25, 0.3) is 0 Å². The zero-order chi connectivity index (χ0) is 21.3. The van der Waals surface area contributed by atoms with Crippen molar-refractivity contribution in [3.05, 3.63) is 80.9 Å². The second kappa shape index (κ2) is 8.47. The van der Waals surface area contributed by atoms with Crippen LogP contribution in [0, 0.1) is 6.92 Å². The zero-order valence-electron chi connectivity index (χ0n) is 16.3. The minimum atomic E-state index is -3.56. The molecule has 0 spiro atoms. The summed E-state index contributed by atoms with van der Waals surface area (Å²) in [5.74, 6) is -0.0799. The van der Waals surface area contributed by atoms with Crippen molar-refractivity contribution in [2.45, 2.75) is 30.6 Å². The smallest absolute Gasteiger partial charge is 0.254 e. The molecule has 9 heteroatoms. The molecule has 0 fully saturated rings. The summed E-state index contributed by atoms with van der Waals surface area (Å²) in [6.45, 7) is 3.02. The van der Waals surface area contributed by atoms with Gasteiger partial charge in [-0.25, -0.2) is 13.1 Å². The predicted octanol–water partition coefficient (Wildman–Crippen LogP) is 3.78. The minimum absolute atomic E-state index is 0.0799. The summed E-state index contributed by atoms with van der Waals surface area (Å²) in [7, 11) is -3.56. The number of nitrogens with one attached hydrogen (secondary N) is 1. The molecule has 30 heavy (non-hydrogen) atoms. The van der Waals surface area contributed by atoms with Crippen LogP contribution in [0.1, 0.15) is 32.7 Å². The van der Waals surface area contributed by atoms with Gasteiger partial charge in [-0.3, -0.25) is 9.78 Å². The first kappa shape index (κ1) is 21.0. The Bertz CT molecular complexity index is 1190. The maximum absolute atomic E-state index is 12.9. The molecule has 3 aromatic rings. The largest absolute Gasteiger partial charge is 0.334 e. The van der Waals surface area contributed by atoms with Crippen molar-refractivity contribution in [1.29, 1.82) is 0 Å². The van der Waals surface area contributed by atoms with Crippen molar-refractivity contribution in [3.63, 3.8) is 0 Å². The molecule has 0 aliphatic carbocycles. The van der Waals surface area contributed by atoms with Crippen LogP contribution < -0.4 is 4.72 Å². The molecular formula is C21H20ClN3O3S2. The van der Waals surface area contributed by atoms with E-state index < -0.39 is 10.0 Å². The average Bonchev–Trinajstić information content (AvgIpc) is 3.28. The molecule has 156 valence electrons. The number of fused-ring (bicyclic) bond motifs is 1. The fourth-order valence-electron chi connectivity index (χ4n) is 3.59. The number of halogens is 1. The summed E-state index contributed by atoms with van der Waals surface area (Å²) in [5, 5.41) is 2.26. The lowest BCUT2D eigenvalue weighted by molar-refractivity contribution is 0.0734. The molecule has 3 heterocycles. The standard InChI is InChI=1S/C21H20ClN3O3S2/c1-14-19(12-24-30(27,28)20-6-3-9-29-20)18-7-8-25(13-16(18)11-23-14)21(26)15-4-2-5-17(22)10-15/h2-6,9-11,24H,7-8,12-13H2,1H3. The summed E-state index contributed by atoms with van der Waals surface area (Å²) in [5.41, 5.74) is 4.22. The van der Waals surface area contributed by atoms with Crippen LogP contribution in [0.2, 0.25) is 5.02 Å². The zero-order valence-corrected chi connectivity index (χ0v) is 18.6. The number of benzene rings is 1. The third-order valence-corrected chi connectivity index (χ3v) is 8.19. The fourth-order valence-corrected chi connectivity index (χ4v) is 5.81. The first-order chi connectivity index (χ1) is 14.3. The van der Waals surface area contributed by atoms with E-state index >= 15 is 0 Å². The predicted molar refractivity (Wildman–Crippen MR) is 117 cm³/mol. The Morgan fingerprint density at radius 1 is 1.30 bits per heavy atom. The summed E-state index contributed by atoms with van der Waals surface area (Å²) in [4.78, 5) is 19.1. The molecule has 0 radical (unpaired) electrons. The van der Waals surface area contributed by atoms with Crippen LogP contribution in [0.15, 0.2) is 52.2 Å². The molecule has 0 atom stereocenters. The molecule has 0 saturated carbocycles. The highest BCUT2D eigenvalue weighted by Gasteiger charge is 2.25. The van der Waals surface area contributed by atoms with E-state index in [4.69, 9.17) is 11.6 Å². The Hall–Kier alpha value is -2.26. The molecular weight excluding hydrogens is 442 g/mol. The Morgan fingerprint density at radius 3 is 2.87 bits per heavy atom. The van der Waals surface area contributed by atoms with Gasteiger partial charge in [-0.1, -0.05) is 23.7 Å². The van der Waals surface area contributed by atoms with E-state index in [0.717, 1.165) is 22.4 Å². The topological polar surface area (TPSA) is 79.4 Å². The summed E-state index contributed by atoms with van der Waals surface area (Å²) < 4.78 is 27.9. The van der Waals surface area contributed by atoms with Gasteiger partial charge in [0.2, 0.25) is 10.0 Å². The fraction of sp³-hybridized carbons (Fsp3) is 0.238. The van der Waals surface area contributed by atoms with Gasteiger partial charge in [-0.05, 0) is 59.7 Å². The first-order valence-corrected chi connectivity index (χ1v) is 12.1. The van der Waals surface area contributed by atoms with Crippen molar-refractivity contribution in [1.82, 2.24) is 14.6 Å². The van der Waals surface area contributed by atoms with Crippen molar-refractivity contribution < 1.29 is 13.2 Å². The van der Waals surface area contributed by atoms with Gasteiger partial charge in [0.05, 0.1) is 0 Å². The second-order valence-electron chi connectivity index (χ2n) is 7.07. The van der Waals surface area contributed by atoms with E-state index in [-0.39, 0.29) is 16.7 Å². The number of hydrogen-bond acceptors (Lipinski definition) is 5. The third kappa shape index (κ3) is 4.27. The molecule has 1 aliphatic heterocycles. The van der Waals surface area contributed by atoms with E-state index in [1.54, 1.807) is 52.9 Å². The van der Waals surface area contributed by atoms with Crippen LogP contribution in [0.5, 0.6) is 0 Å². The number of aromatic nitrogens is 1. The number of rotatable bonds is 5. The molecule has 0 bridgehead atoms. The van der Waals surface area contributed by atoms with Gasteiger partial charge < -0.3 is 4.90 Å². The summed E-state index contributed by atoms with van der Waals surface area (Å²) >= 11 is 7.20. The second-order valence-corrected chi connectivity index (χ2v) is 10.4. The van der Waals surface area contributed by atoms with Gasteiger partial charge in [0.25, 0.3) is 5.91 Å². The molecule has 4 rings (SSSR count). The van der Waals surface area contributed by atoms with Crippen molar-refractivity contribution >= 4 is 38.9 Å². The lowest BCUT2D eigenvalue weighted by Gasteiger charge is -2.30. The molecule has 1 aromatic carbocycles. The monoisotopic (exact) mass is 461 g/mol. The highest BCUT2D eigenvalue weighted by molar-refractivity contribution is 7.91. The van der Waals surface area contributed by atoms with Crippen LogP contribution in [-0.4, -0.2) is 30.8 Å². The molecule has 0 saturated heterocycles. The van der Waals surface area contributed by atoms with Gasteiger partial charge >= 0.3 is 0 Å². The van der Waals surface area contributed by atoms with Gasteiger partial charge in [-0.2, -0.15) is 0 Å². The number of hydrogen-bond donors (Lipinski definition) is 1. The van der Waals surface area contributed by atoms with Gasteiger partial charge in [0, 0.05) is 42.1 Å². The lowest BCUT2D eigenvalue weighted by atomic mass is 9.94. The van der Waals surface area contributed by atoms with Crippen molar-refractivity contribution in [2.75, 3.05) is 6.54 Å². The molecule has 1 aliphatic rings. The van der Waals surface area contributed by atoms with Crippen LogP contribution in [-0.2, 0) is 29.5 Å². The van der Waals surface area contributed by atoms with E-state index in [2.05, 4.69) is 9.71 Å². The Balaban J connectivity index is 1.54. The number of nitrogens with zero attached hydrogens (tertiary/aromatic N) is 2. The highest BCUT2D eigenvalue weighted by Crippen LogP contribution is 2.26. The normalized spacial score (nSPS) is 13.9. The Morgan fingerprint density at radius 2 is 2.13 bits per heavy atom. The Kier molecular flexibility index (Phi) is 5.92. The number of carbonyl (C=O) groups excluding carboxylic acids is 1. The summed E-state index contributed by atoms with van der Waals surface area (Å²) in [6.07, 6.45) is 2.42. The number of sulfonamides is 1. The molecule has 2 aromatic heterocycles. The molecule has 0 unspecified atom stereocenters. The summed E-state index contributed by atoms with van der Waals surface area (Å²) in [6, 6.07) is 10.2. The maximum Gasteiger partial charge on any atom is 0.254 e. The van der Waals surface area contributed by atoms with E-state index in [1.807, 2.05) is 6.92 Å². The van der Waals surface area contributed by atoms with Crippen molar-refractivity contribution in [3.8, 4) is 0 Å².